The number of methoxy groups -OCH3 is 1. The van der Waals surface area contributed by atoms with Crippen LogP contribution in [-0.4, -0.2) is 48.9 Å². The number of aliphatic hydroxyl groups is 1. The lowest BCUT2D eigenvalue weighted by atomic mass is 9.98. The van der Waals surface area contributed by atoms with Gasteiger partial charge in [-0.1, -0.05) is 24.6 Å². The zero-order valence-electron chi connectivity index (χ0n) is 17.6. The average molecular weight is 447 g/mol. The Hall–Kier alpha value is -1.51. The molecule has 0 amide bonds. The van der Waals surface area contributed by atoms with Gasteiger partial charge >= 0.3 is 13.7 Å². The van der Waals surface area contributed by atoms with Crippen molar-refractivity contribution in [1.29, 1.82) is 0 Å². The Balaban J connectivity index is 2.09. The van der Waals surface area contributed by atoms with Crippen LogP contribution in [0.1, 0.15) is 46.0 Å². The Morgan fingerprint density at radius 2 is 1.90 bits per heavy atom. The topological polar surface area (TPSA) is 103 Å². The Kier molecular flexibility index (Phi) is 9.25. The largest absolute Gasteiger partial charge is 0.461 e. The van der Waals surface area contributed by atoms with Crippen molar-refractivity contribution in [2.24, 2.45) is 0 Å². The highest BCUT2D eigenvalue weighted by atomic mass is 31.2. The van der Waals surface area contributed by atoms with Crippen LogP contribution in [0.15, 0.2) is 30.3 Å². The number of ether oxygens (including phenoxy) is 2. The number of para-hydroxylation sites is 1. The van der Waals surface area contributed by atoms with E-state index in [4.69, 9.17) is 13.8 Å². The van der Waals surface area contributed by atoms with Gasteiger partial charge in [0.25, 0.3) is 5.85 Å². The Morgan fingerprint density at radius 3 is 2.47 bits per heavy atom. The lowest BCUT2D eigenvalue weighted by Crippen LogP contribution is -2.43. The second-order valence-electron chi connectivity index (χ2n) is 7.39. The van der Waals surface area contributed by atoms with Gasteiger partial charge in [-0.15, -0.1) is 0 Å². The summed E-state index contributed by atoms with van der Waals surface area (Å²) in [6.45, 7) is 1.75. The number of carbonyl (C=O) groups is 1. The van der Waals surface area contributed by atoms with Gasteiger partial charge in [0.05, 0.1) is 0 Å². The van der Waals surface area contributed by atoms with Crippen molar-refractivity contribution < 1.29 is 37.4 Å². The molecule has 1 aromatic carbocycles. The maximum absolute atomic E-state index is 14.6. The van der Waals surface area contributed by atoms with Crippen molar-refractivity contribution >= 4 is 13.7 Å². The van der Waals surface area contributed by atoms with Crippen LogP contribution in [-0.2, 0) is 23.4 Å². The van der Waals surface area contributed by atoms with Gasteiger partial charge in [-0.3, -0.25) is 9.32 Å². The summed E-state index contributed by atoms with van der Waals surface area (Å²) in [6, 6.07) is 7.09. The van der Waals surface area contributed by atoms with E-state index in [0.717, 1.165) is 39.2 Å². The quantitative estimate of drug-likeness (QED) is 0.391. The summed E-state index contributed by atoms with van der Waals surface area (Å²) in [6.07, 6.45) is 2.96. The van der Waals surface area contributed by atoms with E-state index in [1.54, 1.807) is 18.2 Å². The molecule has 2 rings (SSSR count). The molecule has 1 aromatic rings. The molecule has 10 heteroatoms. The SMILES string of the molecule is CO[C@](F)(CO[P@@](=O)(NC(C)C(=O)OC1CCCCC1)Oc1ccccc1)[C@H](C)O. The number of alkyl halides is 1. The fraction of sp³-hybridized carbons (Fsp3) is 0.650. The molecule has 0 bridgehead atoms. The van der Waals surface area contributed by atoms with Crippen molar-refractivity contribution in [3.8, 4) is 5.75 Å². The average Bonchev–Trinajstić information content (AvgIpc) is 2.73. The summed E-state index contributed by atoms with van der Waals surface area (Å²) in [5.41, 5.74) is 0. The maximum atomic E-state index is 14.6. The summed E-state index contributed by atoms with van der Waals surface area (Å²) >= 11 is 0. The fourth-order valence-electron chi connectivity index (χ4n) is 2.97. The van der Waals surface area contributed by atoms with Crippen LogP contribution >= 0.6 is 7.75 Å². The highest BCUT2D eigenvalue weighted by Crippen LogP contribution is 2.46. The molecule has 2 N–H and O–H groups in total. The Bertz CT molecular complexity index is 714. The smallest absolute Gasteiger partial charge is 0.459 e. The summed E-state index contributed by atoms with van der Waals surface area (Å²) in [5, 5.41) is 12.1. The first-order valence-corrected chi connectivity index (χ1v) is 11.6. The minimum Gasteiger partial charge on any atom is -0.461 e. The molecule has 1 unspecified atom stereocenters. The number of nitrogens with one attached hydrogen (secondary N) is 1. The standard InChI is InChI=1S/C20H31FNO7P/c1-15(19(24)28-17-10-6-4-7-11-17)22-30(25,29-18-12-8-5-9-13-18)27-14-20(21,26-3)16(2)23/h5,8-9,12-13,15-17,23H,4,6-7,10-11,14H2,1-3H3,(H,22,25)/t15?,16-,20+,30-/m0/s1. The van der Waals surface area contributed by atoms with Crippen molar-refractivity contribution in [1.82, 2.24) is 5.09 Å². The monoisotopic (exact) mass is 447 g/mol. The number of rotatable bonds is 11. The van der Waals surface area contributed by atoms with Crippen LogP contribution in [0, 0.1) is 0 Å². The number of hydrogen-bond acceptors (Lipinski definition) is 7. The molecular weight excluding hydrogens is 416 g/mol. The van der Waals surface area contributed by atoms with Crippen LogP contribution in [0.2, 0.25) is 0 Å². The second-order valence-corrected chi connectivity index (χ2v) is 9.08. The predicted molar refractivity (Wildman–Crippen MR) is 109 cm³/mol. The zero-order valence-corrected chi connectivity index (χ0v) is 18.5. The molecule has 0 heterocycles. The molecule has 30 heavy (non-hydrogen) atoms. The third-order valence-electron chi connectivity index (χ3n) is 4.90. The van der Waals surface area contributed by atoms with E-state index >= 15 is 0 Å². The molecule has 1 aliphatic carbocycles. The normalized spacial score (nSPS) is 21.1. The molecule has 0 radical (unpaired) electrons. The number of aliphatic hydroxyl groups excluding tert-OH is 1. The summed E-state index contributed by atoms with van der Waals surface area (Å²) in [5.74, 6) is -3.01. The van der Waals surface area contributed by atoms with E-state index in [9.17, 15) is 18.9 Å². The van der Waals surface area contributed by atoms with Crippen LogP contribution in [0.4, 0.5) is 4.39 Å². The first-order valence-electron chi connectivity index (χ1n) is 10.1. The van der Waals surface area contributed by atoms with Crippen molar-refractivity contribution in [3.63, 3.8) is 0 Å². The van der Waals surface area contributed by atoms with Crippen molar-refractivity contribution in [2.75, 3.05) is 13.7 Å². The second kappa shape index (κ2) is 11.2. The number of carbonyl (C=O) groups excluding carboxylic acids is 1. The first kappa shape index (κ1) is 24.8. The third-order valence-corrected chi connectivity index (χ3v) is 6.53. The van der Waals surface area contributed by atoms with Gasteiger partial charge in [-0.05, 0) is 51.7 Å². The maximum Gasteiger partial charge on any atom is 0.459 e. The lowest BCUT2D eigenvalue weighted by molar-refractivity contribution is -0.202. The fourth-order valence-corrected chi connectivity index (χ4v) is 4.48. The highest BCUT2D eigenvalue weighted by Gasteiger charge is 2.41. The van der Waals surface area contributed by atoms with Crippen molar-refractivity contribution in [2.45, 2.75) is 70.1 Å². The minimum atomic E-state index is -4.24. The van der Waals surface area contributed by atoms with Gasteiger partial charge < -0.3 is 19.1 Å². The molecule has 0 saturated heterocycles. The van der Waals surface area contributed by atoms with Gasteiger partial charge in [0.1, 0.15) is 30.6 Å². The molecular formula is C20H31FNO7P. The van der Waals surface area contributed by atoms with Crippen molar-refractivity contribution in [3.05, 3.63) is 30.3 Å². The number of benzene rings is 1. The number of halogens is 1. The number of esters is 1. The molecule has 4 atom stereocenters. The van der Waals surface area contributed by atoms with E-state index in [0.29, 0.717) is 0 Å². The van der Waals surface area contributed by atoms with Gasteiger partial charge in [0, 0.05) is 7.11 Å². The Labute approximate surface area is 176 Å². The summed E-state index contributed by atoms with van der Waals surface area (Å²) in [4.78, 5) is 12.5. The molecule has 170 valence electrons. The molecule has 1 fully saturated rings. The van der Waals surface area contributed by atoms with E-state index in [2.05, 4.69) is 9.82 Å². The summed E-state index contributed by atoms with van der Waals surface area (Å²) in [7, 11) is -3.18. The molecule has 8 nitrogen and oxygen atoms in total. The van der Waals surface area contributed by atoms with E-state index in [-0.39, 0.29) is 11.9 Å². The zero-order chi connectivity index (χ0) is 22.2. The van der Waals surface area contributed by atoms with Gasteiger partial charge in [-0.25, -0.2) is 8.96 Å². The van der Waals surface area contributed by atoms with E-state index in [1.165, 1.54) is 26.0 Å². The minimum absolute atomic E-state index is 0.173. The molecule has 0 aromatic heterocycles. The van der Waals surface area contributed by atoms with E-state index < -0.39 is 38.3 Å². The van der Waals surface area contributed by atoms with Gasteiger partial charge in [-0.2, -0.15) is 5.09 Å². The lowest BCUT2D eigenvalue weighted by Gasteiger charge is -2.29. The third kappa shape index (κ3) is 7.32. The Morgan fingerprint density at radius 1 is 1.27 bits per heavy atom. The van der Waals surface area contributed by atoms with Crippen LogP contribution in [0.3, 0.4) is 0 Å². The molecule has 0 spiro atoms. The predicted octanol–water partition coefficient (Wildman–Crippen LogP) is 3.74. The van der Waals surface area contributed by atoms with Crippen LogP contribution < -0.4 is 9.61 Å². The molecule has 1 saturated carbocycles. The highest BCUT2D eigenvalue weighted by molar-refractivity contribution is 7.52. The molecule has 0 aliphatic heterocycles. The number of hydrogen-bond donors (Lipinski definition) is 2. The van der Waals surface area contributed by atoms with Gasteiger partial charge in [0.2, 0.25) is 0 Å². The van der Waals surface area contributed by atoms with E-state index in [1.807, 2.05) is 0 Å². The van der Waals surface area contributed by atoms with Gasteiger partial charge in [0.15, 0.2) is 0 Å². The first-order chi connectivity index (χ1) is 14.2. The summed E-state index contributed by atoms with van der Waals surface area (Å²) < 4.78 is 48.7. The molecule has 1 aliphatic rings. The van der Waals surface area contributed by atoms with Crippen LogP contribution in [0.25, 0.3) is 0 Å². The van der Waals surface area contributed by atoms with Crippen LogP contribution in [0.5, 0.6) is 5.75 Å².